The van der Waals surface area contributed by atoms with Crippen LogP contribution >= 0.6 is 0 Å². The van der Waals surface area contributed by atoms with Gasteiger partial charge in [-0.05, 0) is 69.3 Å². The first-order valence-corrected chi connectivity index (χ1v) is 10.5. The summed E-state index contributed by atoms with van der Waals surface area (Å²) in [6.45, 7) is 5.37. The van der Waals surface area contributed by atoms with E-state index in [-0.39, 0.29) is 17.8 Å². The normalized spacial score (nSPS) is 20.1. The maximum atomic E-state index is 13.3. The number of rotatable bonds is 5. The number of halogens is 1. The molecule has 2 fully saturated rings. The Labute approximate surface area is 171 Å². The van der Waals surface area contributed by atoms with Gasteiger partial charge in [0, 0.05) is 43.3 Å². The second-order valence-electron chi connectivity index (χ2n) is 8.02. The van der Waals surface area contributed by atoms with Gasteiger partial charge in [-0.15, -0.1) is 0 Å². The summed E-state index contributed by atoms with van der Waals surface area (Å²) in [7, 11) is 0. The molecule has 29 heavy (non-hydrogen) atoms. The maximum absolute atomic E-state index is 13.3. The quantitative estimate of drug-likeness (QED) is 0.837. The number of nitrogens with zero attached hydrogens (tertiary/aromatic N) is 4. The summed E-state index contributed by atoms with van der Waals surface area (Å²) in [5.41, 5.74) is 2.41. The van der Waals surface area contributed by atoms with Gasteiger partial charge in [0.05, 0.1) is 6.04 Å². The van der Waals surface area contributed by atoms with Crippen LogP contribution in [0.25, 0.3) is 0 Å². The Hall–Kier alpha value is -2.54. The molecule has 6 nitrogen and oxygen atoms in total. The van der Waals surface area contributed by atoms with Gasteiger partial charge >= 0.3 is 0 Å². The zero-order valence-corrected chi connectivity index (χ0v) is 16.9. The Morgan fingerprint density at radius 2 is 1.90 bits per heavy atom. The number of amides is 1. The number of carbonyl (C=O) groups is 1. The third kappa shape index (κ3) is 4.72. The van der Waals surface area contributed by atoms with E-state index in [1.165, 1.54) is 31.4 Å². The molecule has 0 saturated carbocycles. The van der Waals surface area contributed by atoms with Crippen molar-refractivity contribution in [3.63, 3.8) is 0 Å². The van der Waals surface area contributed by atoms with E-state index in [1.807, 2.05) is 12.4 Å². The Morgan fingerprint density at radius 3 is 2.62 bits per heavy atom. The zero-order chi connectivity index (χ0) is 20.2. The summed E-state index contributed by atoms with van der Waals surface area (Å²) in [5.74, 6) is 0.468. The van der Waals surface area contributed by atoms with Crippen LogP contribution in [-0.4, -0.2) is 46.5 Å². The van der Waals surface area contributed by atoms with E-state index in [0.717, 1.165) is 49.6 Å². The highest BCUT2D eigenvalue weighted by molar-refractivity contribution is 5.95. The van der Waals surface area contributed by atoms with Crippen LogP contribution in [0.15, 0.2) is 30.6 Å². The third-order valence-corrected chi connectivity index (χ3v) is 5.83. The van der Waals surface area contributed by atoms with E-state index in [2.05, 4.69) is 25.1 Å². The number of carbonyl (C=O) groups excluding carboxylic acids is 1. The monoisotopic (exact) mass is 397 g/mol. The molecule has 0 unspecified atom stereocenters. The lowest BCUT2D eigenvalue weighted by Gasteiger charge is -2.27. The highest BCUT2D eigenvalue weighted by atomic mass is 19.1. The van der Waals surface area contributed by atoms with E-state index in [4.69, 9.17) is 0 Å². The second kappa shape index (κ2) is 8.86. The van der Waals surface area contributed by atoms with E-state index >= 15 is 0 Å². The molecule has 0 bridgehead atoms. The molecule has 0 spiro atoms. The van der Waals surface area contributed by atoms with Gasteiger partial charge in [0.25, 0.3) is 0 Å². The molecule has 4 rings (SSSR count). The van der Waals surface area contributed by atoms with Gasteiger partial charge in [-0.25, -0.2) is 14.4 Å². The Morgan fingerprint density at radius 1 is 1.14 bits per heavy atom. The van der Waals surface area contributed by atoms with Crippen molar-refractivity contribution in [3.05, 3.63) is 47.5 Å². The number of nitrogens with one attached hydrogen (secondary N) is 1. The van der Waals surface area contributed by atoms with Crippen molar-refractivity contribution in [2.24, 2.45) is 0 Å². The van der Waals surface area contributed by atoms with Crippen molar-refractivity contribution in [2.75, 3.05) is 29.9 Å². The summed E-state index contributed by atoms with van der Waals surface area (Å²) in [6, 6.07) is 4.23. The van der Waals surface area contributed by atoms with E-state index in [9.17, 15) is 9.18 Å². The lowest BCUT2D eigenvalue weighted by atomic mass is 10.1. The standard InChI is InChI=1S/C22H28FN5O/c1-16-12-18(23)7-8-19(16)26-21(29)20-6-5-11-28(20)15-17-13-24-22(25-14-17)27-9-3-2-4-10-27/h7-8,12-14,20H,2-6,9-11,15H2,1H3,(H,26,29)/t20-/m0/s1. The van der Waals surface area contributed by atoms with Crippen molar-refractivity contribution in [1.29, 1.82) is 0 Å². The highest BCUT2D eigenvalue weighted by Crippen LogP contribution is 2.23. The van der Waals surface area contributed by atoms with Crippen molar-refractivity contribution in [2.45, 2.75) is 51.6 Å². The lowest BCUT2D eigenvalue weighted by Crippen LogP contribution is -2.39. The minimum Gasteiger partial charge on any atom is -0.341 e. The van der Waals surface area contributed by atoms with Crippen LogP contribution in [0.5, 0.6) is 0 Å². The van der Waals surface area contributed by atoms with Crippen LogP contribution in [0, 0.1) is 12.7 Å². The predicted octanol–water partition coefficient (Wildman–Crippen LogP) is 3.52. The molecule has 1 aromatic carbocycles. The number of aromatic nitrogens is 2. The van der Waals surface area contributed by atoms with Gasteiger partial charge < -0.3 is 10.2 Å². The number of hydrogen-bond donors (Lipinski definition) is 1. The van der Waals surface area contributed by atoms with Gasteiger partial charge in [0.2, 0.25) is 11.9 Å². The summed E-state index contributed by atoms with van der Waals surface area (Å²) < 4.78 is 13.3. The molecule has 1 amide bonds. The Bertz CT molecular complexity index is 851. The van der Waals surface area contributed by atoms with E-state index in [1.54, 1.807) is 13.0 Å². The van der Waals surface area contributed by atoms with Crippen LogP contribution in [0.3, 0.4) is 0 Å². The largest absolute Gasteiger partial charge is 0.341 e. The molecule has 1 aromatic heterocycles. The number of aryl methyl sites for hydroxylation is 1. The number of piperidine rings is 1. The Kier molecular flexibility index (Phi) is 6.04. The topological polar surface area (TPSA) is 61.4 Å². The van der Waals surface area contributed by atoms with Crippen LogP contribution in [-0.2, 0) is 11.3 Å². The second-order valence-corrected chi connectivity index (χ2v) is 8.02. The summed E-state index contributed by atoms with van der Waals surface area (Å²) in [6.07, 6.45) is 9.24. The highest BCUT2D eigenvalue weighted by Gasteiger charge is 2.31. The summed E-state index contributed by atoms with van der Waals surface area (Å²) in [4.78, 5) is 26.4. The smallest absolute Gasteiger partial charge is 0.241 e. The molecule has 3 heterocycles. The summed E-state index contributed by atoms with van der Waals surface area (Å²) in [5, 5.41) is 2.96. The molecule has 1 N–H and O–H groups in total. The van der Waals surface area contributed by atoms with Gasteiger partial charge in [-0.3, -0.25) is 9.69 Å². The molecule has 7 heteroatoms. The fourth-order valence-corrected chi connectivity index (χ4v) is 4.22. The SMILES string of the molecule is Cc1cc(F)ccc1NC(=O)[C@@H]1CCCN1Cc1cnc(N2CCCCC2)nc1. The fraction of sp³-hybridized carbons (Fsp3) is 0.500. The number of hydrogen-bond acceptors (Lipinski definition) is 5. The molecule has 2 aliphatic rings. The molecule has 2 aliphatic heterocycles. The van der Waals surface area contributed by atoms with E-state index < -0.39 is 0 Å². The number of likely N-dealkylation sites (tertiary alicyclic amines) is 1. The zero-order valence-electron chi connectivity index (χ0n) is 16.9. The van der Waals surface area contributed by atoms with Crippen molar-refractivity contribution < 1.29 is 9.18 Å². The van der Waals surface area contributed by atoms with Crippen LogP contribution < -0.4 is 10.2 Å². The average Bonchev–Trinajstić information content (AvgIpc) is 3.19. The molecule has 2 saturated heterocycles. The first-order valence-electron chi connectivity index (χ1n) is 10.5. The molecule has 154 valence electrons. The maximum Gasteiger partial charge on any atom is 0.241 e. The first-order chi connectivity index (χ1) is 14.1. The van der Waals surface area contributed by atoms with Crippen LogP contribution in [0.4, 0.5) is 16.0 Å². The van der Waals surface area contributed by atoms with Gasteiger partial charge in [0.1, 0.15) is 5.82 Å². The van der Waals surface area contributed by atoms with Crippen LogP contribution in [0.2, 0.25) is 0 Å². The van der Waals surface area contributed by atoms with E-state index in [0.29, 0.717) is 12.2 Å². The lowest BCUT2D eigenvalue weighted by molar-refractivity contribution is -0.120. The molecular weight excluding hydrogens is 369 g/mol. The van der Waals surface area contributed by atoms with Crippen molar-refractivity contribution in [1.82, 2.24) is 14.9 Å². The number of benzene rings is 1. The Balaban J connectivity index is 1.38. The first kappa shape index (κ1) is 19.8. The van der Waals surface area contributed by atoms with Crippen LogP contribution in [0.1, 0.15) is 43.2 Å². The fourth-order valence-electron chi connectivity index (χ4n) is 4.22. The average molecular weight is 397 g/mol. The summed E-state index contributed by atoms with van der Waals surface area (Å²) >= 11 is 0. The minimum atomic E-state index is -0.295. The number of anilines is 2. The van der Waals surface area contributed by atoms with Crippen molar-refractivity contribution in [3.8, 4) is 0 Å². The van der Waals surface area contributed by atoms with Gasteiger partial charge in [0.15, 0.2) is 0 Å². The molecule has 0 aliphatic carbocycles. The molecule has 1 atom stereocenters. The molecule has 2 aromatic rings. The van der Waals surface area contributed by atoms with Gasteiger partial charge in [-0.2, -0.15) is 0 Å². The minimum absolute atomic E-state index is 0.0388. The molecular formula is C22H28FN5O. The third-order valence-electron chi connectivity index (χ3n) is 5.83. The molecule has 0 radical (unpaired) electrons. The predicted molar refractivity (Wildman–Crippen MR) is 111 cm³/mol. The van der Waals surface area contributed by atoms with Crippen molar-refractivity contribution >= 4 is 17.5 Å². The van der Waals surface area contributed by atoms with Gasteiger partial charge in [-0.1, -0.05) is 0 Å².